The van der Waals surface area contributed by atoms with Gasteiger partial charge in [-0.1, -0.05) is 0 Å². The fourth-order valence-corrected chi connectivity index (χ4v) is 1.90. The van der Waals surface area contributed by atoms with Crippen LogP contribution in [-0.4, -0.2) is 0 Å². The van der Waals surface area contributed by atoms with Crippen LogP contribution in [0.2, 0.25) is 0 Å². The Morgan fingerprint density at radius 3 is 2.11 bits per heavy atom. The molecule has 100 valence electrons. The highest BCUT2D eigenvalue weighted by molar-refractivity contribution is 14.1. The van der Waals surface area contributed by atoms with Crippen molar-refractivity contribution in [2.24, 2.45) is 0 Å². The van der Waals surface area contributed by atoms with E-state index >= 15 is 0 Å². The number of halogens is 5. The van der Waals surface area contributed by atoms with E-state index in [1.165, 1.54) is 13.0 Å². The van der Waals surface area contributed by atoms with E-state index in [4.69, 9.17) is 4.74 Å². The molecule has 0 saturated carbocycles. The Morgan fingerprint density at radius 2 is 1.53 bits per heavy atom. The van der Waals surface area contributed by atoms with E-state index in [9.17, 15) is 17.6 Å². The third kappa shape index (κ3) is 2.83. The molecule has 2 aromatic carbocycles. The molecule has 0 bridgehead atoms. The van der Waals surface area contributed by atoms with Crippen LogP contribution < -0.4 is 4.74 Å². The van der Waals surface area contributed by atoms with Crippen LogP contribution in [-0.2, 0) is 0 Å². The molecule has 6 heteroatoms. The molecule has 0 aliphatic rings. The molecule has 0 spiro atoms. The minimum absolute atomic E-state index is 0.0484. The molecule has 0 unspecified atom stereocenters. The van der Waals surface area contributed by atoms with Crippen molar-refractivity contribution in [1.82, 2.24) is 0 Å². The van der Waals surface area contributed by atoms with Crippen LogP contribution in [0.25, 0.3) is 0 Å². The van der Waals surface area contributed by atoms with Gasteiger partial charge in [0.1, 0.15) is 0 Å². The summed E-state index contributed by atoms with van der Waals surface area (Å²) in [5.41, 5.74) is 0.358. The van der Waals surface area contributed by atoms with Gasteiger partial charge in [-0.3, -0.25) is 0 Å². The summed E-state index contributed by atoms with van der Waals surface area (Å²) in [5.74, 6) is -5.69. The largest absolute Gasteiger partial charge is 0.448 e. The highest BCUT2D eigenvalue weighted by Gasteiger charge is 2.18. The average molecular weight is 382 g/mol. The monoisotopic (exact) mass is 382 g/mol. The SMILES string of the molecule is Cc1cc(F)c(Oc2ccc(I)c(F)c2F)c(F)c1. The van der Waals surface area contributed by atoms with Crippen molar-refractivity contribution in [3.63, 3.8) is 0 Å². The molecular weight excluding hydrogens is 375 g/mol. The Labute approximate surface area is 120 Å². The average Bonchev–Trinajstić information content (AvgIpc) is 2.33. The highest BCUT2D eigenvalue weighted by Crippen LogP contribution is 2.32. The van der Waals surface area contributed by atoms with Gasteiger partial charge in [-0.15, -0.1) is 0 Å². The van der Waals surface area contributed by atoms with Gasteiger partial charge in [0.15, 0.2) is 29.0 Å². The van der Waals surface area contributed by atoms with Crippen molar-refractivity contribution in [2.45, 2.75) is 6.92 Å². The molecule has 1 nitrogen and oxygen atoms in total. The summed E-state index contributed by atoms with van der Waals surface area (Å²) in [7, 11) is 0. The zero-order valence-corrected chi connectivity index (χ0v) is 11.8. The van der Waals surface area contributed by atoms with Crippen molar-refractivity contribution in [1.29, 1.82) is 0 Å². The Morgan fingerprint density at radius 1 is 0.947 bits per heavy atom. The van der Waals surface area contributed by atoms with E-state index in [1.807, 2.05) is 0 Å². The van der Waals surface area contributed by atoms with Crippen molar-refractivity contribution >= 4 is 22.6 Å². The quantitative estimate of drug-likeness (QED) is 0.406. The lowest BCUT2D eigenvalue weighted by molar-refractivity contribution is 0.374. The smallest absolute Gasteiger partial charge is 0.202 e. The van der Waals surface area contributed by atoms with Crippen LogP contribution in [0.1, 0.15) is 5.56 Å². The first kappa shape index (κ1) is 14.1. The molecule has 0 atom stereocenters. The minimum Gasteiger partial charge on any atom is -0.448 e. The van der Waals surface area contributed by atoms with Gasteiger partial charge in [0, 0.05) is 0 Å². The van der Waals surface area contributed by atoms with Crippen LogP contribution in [0, 0.1) is 33.8 Å². The molecule has 0 N–H and O–H groups in total. The maximum Gasteiger partial charge on any atom is 0.202 e. The molecule has 0 aromatic heterocycles. The number of aryl methyl sites for hydroxylation is 1. The van der Waals surface area contributed by atoms with Crippen molar-refractivity contribution in [3.05, 3.63) is 56.7 Å². The molecule has 0 aliphatic carbocycles. The summed E-state index contributed by atoms with van der Waals surface area (Å²) in [5, 5.41) is 0. The van der Waals surface area contributed by atoms with Crippen molar-refractivity contribution < 1.29 is 22.3 Å². The maximum absolute atomic E-state index is 13.5. The summed E-state index contributed by atoms with van der Waals surface area (Å²) in [6.45, 7) is 1.50. The van der Waals surface area contributed by atoms with Crippen molar-refractivity contribution in [2.75, 3.05) is 0 Å². The minimum atomic E-state index is -1.29. The van der Waals surface area contributed by atoms with Crippen LogP contribution in [0.5, 0.6) is 11.5 Å². The molecule has 2 rings (SSSR count). The second-order valence-electron chi connectivity index (χ2n) is 3.83. The molecular formula is C13H7F4IO. The molecule has 2 aromatic rings. The van der Waals surface area contributed by atoms with Crippen LogP contribution in [0.3, 0.4) is 0 Å². The zero-order chi connectivity index (χ0) is 14.2. The first-order chi connectivity index (χ1) is 8.90. The highest BCUT2D eigenvalue weighted by atomic mass is 127. The molecule has 0 saturated heterocycles. The van der Waals surface area contributed by atoms with Gasteiger partial charge in [-0.2, -0.15) is 4.39 Å². The number of hydrogen-bond acceptors (Lipinski definition) is 1. The Hall–Kier alpha value is -1.31. The number of benzene rings is 2. The molecule has 19 heavy (non-hydrogen) atoms. The Kier molecular flexibility index (Phi) is 3.98. The number of ether oxygens (including phenoxy) is 1. The van der Waals surface area contributed by atoms with Gasteiger partial charge in [0.2, 0.25) is 5.82 Å². The first-order valence-electron chi connectivity index (χ1n) is 5.17. The van der Waals surface area contributed by atoms with E-state index in [-0.39, 0.29) is 3.57 Å². The first-order valence-corrected chi connectivity index (χ1v) is 6.25. The van der Waals surface area contributed by atoms with Gasteiger partial charge in [-0.05, 0) is 59.3 Å². The third-order valence-corrected chi connectivity index (χ3v) is 3.19. The van der Waals surface area contributed by atoms with Gasteiger partial charge in [0.05, 0.1) is 3.57 Å². The molecule has 0 amide bonds. The van der Waals surface area contributed by atoms with Crippen LogP contribution in [0.4, 0.5) is 17.6 Å². The van der Waals surface area contributed by atoms with Gasteiger partial charge >= 0.3 is 0 Å². The molecule has 0 aliphatic heterocycles. The predicted octanol–water partition coefficient (Wildman–Crippen LogP) is 4.95. The second-order valence-corrected chi connectivity index (χ2v) is 5.00. The van der Waals surface area contributed by atoms with Crippen LogP contribution >= 0.6 is 22.6 Å². The zero-order valence-electron chi connectivity index (χ0n) is 9.61. The topological polar surface area (TPSA) is 9.23 Å². The van der Waals surface area contributed by atoms with Crippen molar-refractivity contribution in [3.8, 4) is 11.5 Å². The fraction of sp³-hybridized carbons (Fsp3) is 0.0769. The van der Waals surface area contributed by atoms with E-state index < -0.39 is 34.8 Å². The van der Waals surface area contributed by atoms with E-state index in [2.05, 4.69) is 0 Å². The summed E-state index contributed by atoms with van der Waals surface area (Å²) in [6, 6.07) is 4.44. The van der Waals surface area contributed by atoms with Crippen LogP contribution in [0.15, 0.2) is 24.3 Å². The van der Waals surface area contributed by atoms with Gasteiger partial charge in [-0.25, -0.2) is 13.2 Å². The van der Waals surface area contributed by atoms with Gasteiger partial charge in [0.25, 0.3) is 0 Å². The molecule has 0 fully saturated rings. The molecule has 0 heterocycles. The third-order valence-electron chi connectivity index (χ3n) is 2.35. The number of rotatable bonds is 2. The summed E-state index contributed by atoms with van der Waals surface area (Å²) in [4.78, 5) is 0. The molecule has 0 radical (unpaired) electrons. The van der Waals surface area contributed by atoms with Gasteiger partial charge < -0.3 is 4.74 Å². The summed E-state index contributed by atoms with van der Waals surface area (Å²) >= 11 is 1.60. The normalized spacial score (nSPS) is 10.6. The van der Waals surface area contributed by atoms with E-state index in [0.29, 0.717) is 5.56 Å². The lowest BCUT2D eigenvalue weighted by Gasteiger charge is -2.10. The van der Waals surface area contributed by atoms with E-state index in [1.54, 1.807) is 22.6 Å². The Balaban J connectivity index is 2.45. The Bertz CT molecular complexity index is 620. The second kappa shape index (κ2) is 5.36. The van der Waals surface area contributed by atoms with E-state index in [0.717, 1.165) is 18.2 Å². The summed E-state index contributed by atoms with van der Waals surface area (Å²) in [6.07, 6.45) is 0. The predicted molar refractivity (Wildman–Crippen MR) is 70.2 cm³/mol. The maximum atomic E-state index is 13.5. The summed E-state index contributed by atoms with van der Waals surface area (Å²) < 4.78 is 58.7. The lowest BCUT2D eigenvalue weighted by Crippen LogP contribution is -1.98. The lowest BCUT2D eigenvalue weighted by atomic mass is 10.2. The fourth-order valence-electron chi connectivity index (χ4n) is 1.48. The number of hydrogen-bond donors (Lipinski definition) is 0. The standard InChI is InChI=1S/C13H7F4IO/c1-6-4-7(14)13(8(15)5-6)19-10-3-2-9(18)11(16)12(10)17/h2-5H,1H3.